The number of hydrogen-bond acceptors (Lipinski definition) is 4. The summed E-state index contributed by atoms with van der Waals surface area (Å²) in [5.74, 6) is 0.656. The van der Waals surface area contributed by atoms with E-state index < -0.39 is 0 Å². The number of amides is 2. The molecule has 2 aromatic heterocycles. The molecule has 1 fully saturated rings. The normalized spacial score (nSPS) is 18.6. The molecule has 1 aliphatic heterocycles. The predicted octanol–water partition coefficient (Wildman–Crippen LogP) is 0.620. The molecule has 3 rings (SSSR count). The standard InChI is InChI=1S/C16H25BN6O2/c1-9-11-13(23(21-9)16(2,3)4)18-12(19-14(11)24)10-6-5-7-22(8-10)15(25)20-17/h10H,5-8,17H2,1-4H3,(H,20,25)(H,18,19,24). The topological polar surface area (TPSA) is 95.9 Å². The van der Waals surface area contributed by atoms with Crippen LogP contribution in [0.15, 0.2) is 4.79 Å². The summed E-state index contributed by atoms with van der Waals surface area (Å²) in [5, 5.41) is 7.72. The molecule has 1 aliphatic rings. The zero-order valence-corrected chi connectivity index (χ0v) is 15.5. The second kappa shape index (κ2) is 6.20. The van der Waals surface area contributed by atoms with Gasteiger partial charge in [0.15, 0.2) is 5.65 Å². The number of carbonyl (C=O) groups excluding carboxylic acids is 1. The maximum absolute atomic E-state index is 12.6. The van der Waals surface area contributed by atoms with E-state index in [0.29, 0.717) is 29.1 Å². The molecule has 134 valence electrons. The van der Waals surface area contributed by atoms with Crippen LogP contribution in [0.25, 0.3) is 11.0 Å². The van der Waals surface area contributed by atoms with Gasteiger partial charge in [-0.2, -0.15) is 5.10 Å². The summed E-state index contributed by atoms with van der Waals surface area (Å²) >= 11 is 0. The van der Waals surface area contributed by atoms with Crippen LogP contribution in [0.4, 0.5) is 4.79 Å². The quantitative estimate of drug-likeness (QED) is 0.742. The van der Waals surface area contributed by atoms with E-state index in [1.54, 1.807) is 12.9 Å². The lowest BCUT2D eigenvalue weighted by Crippen LogP contribution is -2.44. The smallest absolute Gasteiger partial charge is 0.304 e. The van der Waals surface area contributed by atoms with Crippen LogP contribution in [-0.2, 0) is 5.54 Å². The minimum Gasteiger partial charge on any atom is -0.388 e. The molecule has 1 unspecified atom stereocenters. The lowest BCUT2D eigenvalue weighted by Gasteiger charge is -2.32. The summed E-state index contributed by atoms with van der Waals surface area (Å²) in [7, 11) is 1.63. The lowest BCUT2D eigenvalue weighted by molar-refractivity contribution is 0.184. The molecule has 2 aromatic rings. The minimum absolute atomic E-state index is 0.0202. The van der Waals surface area contributed by atoms with E-state index in [4.69, 9.17) is 4.98 Å². The van der Waals surface area contributed by atoms with Crippen molar-refractivity contribution in [1.29, 1.82) is 0 Å². The van der Waals surface area contributed by atoms with Crippen molar-refractivity contribution in [2.45, 2.75) is 52.0 Å². The van der Waals surface area contributed by atoms with Crippen molar-refractivity contribution < 1.29 is 4.79 Å². The van der Waals surface area contributed by atoms with E-state index in [-0.39, 0.29) is 23.0 Å². The van der Waals surface area contributed by atoms with Gasteiger partial charge in [-0.05, 0) is 40.5 Å². The zero-order valence-electron chi connectivity index (χ0n) is 15.5. The highest BCUT2D eigenvalue weighted by atomic mass is 16.2. The van der Waals surface area contributed by atoms with Crippen LogP contribution in [0.5, 0.6) is 0 Å². The number of urea groups is 1. The van der Waals surface area contributed by atoms with Gasteiger partial charge in [-0.3, -0.25) is 9.59 Å². The monoisotopic (exact) mass is 344 g/mol. The second-order valence-corrected chi connectivity index (χ2v) is 7.66. The van der Waals surface area contributed by atoms with E-state index in [1.807, 2.05) is 32.4 Å². The number of piperidine rings is 1. The first-order valence-corrected chi connectivity index (χ1v) is 8.69. The Bertz CT molecular complexity index is 866. The number of fused-ring (bicyclic) bond motifs is 1. The largest absolute Gasteiger partial charge is 0.388 e. The summed E-state index contributed by atoms with van der Waals surface area (Å²) in [6.45, 7) is 9.22. The van der Waals surface area contributed by atoms with Crippen LogP contribution in [0, 0.1) is 6.92 Å². The Hall–Kier alpha value is -2.32. The van der Waals surface area contributed by atoms with Crippen molar-refractivity contribution in [1.82, 2.24) is 29.9 Å². The highest BCUT2D eigenvalue weighted by Crippen LogP contribution is 2.26. The van der Waals surface area contributed by atoms with Crippen LogP contribution < -0.4 is 10.8 Å². The number of hydrogen-bond donors (Lipinski definition) is 2. The first kappa shape index (κ1) is 17.5. The molecule has 3 heterocycles. The summed E-state index contributed by atoms with van der Waals surface area (Å²) in [6, 6.07) is -0.0938. The Morgan fingerprint density at radius 1 is 1.40 bits per heavy atom. The number of carbonyl (C=O) groups is 1. The van der Waals surface area contributed by atoms with Gasteiger partial charge in [0, 0.05) is 19.0 Å². The van der Waals surface area contributed by atoms with Gasteiger partial charge in [0.1, 0.15) is 11.2 Å². The molecule has 1 saturated heterocycles. The van der Waals surface area contributed by atoms with Gasteiger partial charge in [-0.1, -0.05) is 0 Å². The van der Waals surface area contributed by atoms with Crippen LogP contribution in [0.1, 0.15) is 51.0 Å². The van der Waals surface area contributed by atoms with Gasteiger partial charge in [0.25, 0.3) is 5.56 Å². The van der Waals surface area contributed by atoms with Crippen molar-refractivity contribution in [2.75, 3.05) is 13.1 Å². The maximum Gasteiger partial charge on any atom is 0.304 e. The SMILES string of the molecule is BNC(=O)N1CCCC(c2nc3c(c(C)nn3C(C)(C)C)c(=O)[nH]2)C1. The molecule has 0 radical (unpaired) electrons. The van der Waals surface area contributed by atoms with Crippen molar-refractivity contribution >= 4 is 25.0 Å². The first-order chi connectivity index (χ1) is 11.7. The zero-order chi connectivity index (χ0) is 18.4. The fraction of sp³-hybridized carbons (Fsp3) is 0.625. The molecule has 25 heavy (non-hydrogen) atoms. The van der Waals surface area contributed by atoms with Crippen LogP contribution in [-0.4, -0.2) is 51.8 Å². The molecule has 0 aliphatic carbocycles. The molecule has 2 N–H and O–H groups in total. The molecule has 0 aromatic carbocycles. The summed E-state index contributed by atoms with van der Waals surface area (Å²) in [5.41, 5.74) is 0.859. The van der Waals surface area contributed by atoms with Crippen LogP contribution >= 0.6 is 0 Å². The molecule has 0 spiro atoms. The Kier molecular flexibility index (Phi) is 4.34. The second-order valence-electron chi connectivity index (χ2n) is 7.66. The molecule has 2 amide bonds. The van der Waals surface area contributed by atoms with Crippen molar-refractivity contribution in [3.05, 3.63) is 21.9 Å². The number of aromatic amines is 1. The van der Waals surface area contributed by atoms with Gasteiger partial charge < -0.3 is 15.1 Å². The number of likely N-dealkylation sites (tertiary alicyclic amines) is 1. The lowest BCUT2D eigenvalue weighted by atomic mass is 9.97. The Balaban J connectivity index is 2.06. The molecular weight excluding hydrogens is 319 g/mol. The average Bonchev–Trinajstić information content (AvgIpc) is 2.91. The van der Waals surface area contributed by atoms with Gasteiger partial charge in [0.05, 0.1) is 11.2 Å². The van der Waals surface area contributed by atoms with Gasteiger partial charge in [-0.25, -0.2) is 9.67 Å². The number of H-pyrrole nitrogens is 1. The van der Waals surface area contributed by atoms with Crippen LogP contribution in [0.2, 0.25) is 0 Å². The van der Waals surface area contributed by atoms with Gasteiger partial charge in [-0.15, -0.1) is 0 Å². The third-order valence-corrected chi connectivity index (χ3v) is 4.68. The molecule has 0 saturated carbocycles. The molecular formula is C16H25BN6O2. The molecule has 8 nitrogen and oxygen atoms in total. The minimum atomic E-state index is -0.273. The maximum atomic E-state index is 12.6. The Morgan fingerprint density at radius 3 is 2.76 bits per heavy atom. The van der Waals surface area contributed by atoms with Gasteiger partial charge in [0.2, 0.25) is 7.98 Å². The fourth-order valence-electron chi connectivity index (χ4n) is 3.41. The van der Waals surface area contributed by atoms with Crippen LogP contribution in [0.3, 0.4) is 0 Å². The van der Waals surface area contributed by atoms with Gasteiger partial charge >= 0.3 is 6.03 Å². The highest BCUT2D eigenvalue weighted by Gasteiger charge is 2.28. The predicted molar refractivity (Wildman–Crippen MR) is 98.5 cm³/mol. The number of nitrogens with one attached hydrogen (secondary N) is 2. The number of rotatable bonds is 1. The summed E-state index contributed by atoms with van der Waals surface area (Å²) < 4.78 is 1.82. The van der Waals surface area contributed by atoms with E-state index in [9.17, 15) is 9.59 Å². The van der Waals surface area contributed by atoms with Crippen molar-refractivity contribution in [3.63, 3.8) is 0 Å². The van der Waals surface area contributed by atoms with E-state index in [1.165, 1.54) is 0 Å². The molecule has 1 atom stereocenters. The number of aromatic nitrogens is 4. The summed E-state index contributed by atoms with van der Waals surface area (Å²) in [6.07, 6.45) is 1.78. The van der Waals surface area contributed by atoms with E-state index >= 15 is 0 Å². The van der Waals surface area contributed by atoms with E-state index in [0.717, 1.165) is 19.4 Å². The molecule has 0 bridgehead atoms. The fourth-order valence-corrected chi connectivity index (χ4v) is 3.41. The Morgan fingerprint density at radius 2 is 2.12 bits per heavy atom. The summed E-state index contributed by atoms with van der Waals surface area (Å²) in [4.78, 5) is 34.0. The van der Waals surface area contributed by atoms with E-state index in [2.05, 4.69) is 15.3 Å². The number of aryl methyl sites for hydroxylation is 1. The third kappa shape index (κ3) is 3.15. The first-order valence-electron chi connectivity index (χ1n) is 8.69. The molecule has 9 heteroatoms. The average molecular weight is 344 g/mol. The Labute approximate surface area is 147 Å². The van der Waals surface area contributed by atoms with Crippen molar-refractivity contribution in [3.8, 4) is 0 Å². The highest BCUT2D eigenvalue weighted by molar-refractivity contribution is 6.13. The third-order valence-electron chi connectivity index (χ3n) is 4.68. The van der Waals surface area contributed by atoms with Crippen molar-refractivity contribution in [2.24, 2.45) is 0 Å². The number of nitrogens with zero attached hydrogens (tertiary/aromatic N) is 4.